The first-order valence-corrected chi connectivity index (χ1v) is 8.41. The molecule has 22 heavy (non-hydrogen) atoms. The van der Waals surface area contributed by atoms with Crippen molar-refractivity contribution >= 4 is 5.91 Å². The lowest BCUT2D eigenvalue weighted by atomic mass is 10.1. The van der Waals surface area contributed by atoms with Crippen LogP contribution in [0.3, 0.4) is 0 Å². The molecule has 1 amide bonds. The molecule has 0 spiro atoms. The lowest BCUT2D eigenvalue weighted by Gasteiger charge is -2.36. The Morgan fingerprint density at radius 2 is 1.86 bits per heavy atom. The van der Waals surface area contributed by atoms with Gasteiger partial charge in [0.05, 0.1) is 6.61 Å². The predicted octanol–water partition coefficient (Wildman–Crippen LogP) is 2.21. The summed E-state index contributed by atoms with van der Waals surface area (Å²) in [7, 11) is 0. The van der Waals surface area contributed by atoms with Crippen molar-refractivity contribution in [2.24, 2.45) is 0 Å². The van der Waals surface area contributed by atoms with Crippen LogP contribution < -0.4 is 0 Å². The molecule has 2 saturated heterocycles. The Kier molecular flexibility index (Phi) is 5.11. The van der Waals surface area contributed by atoms with Crippen molar-refractivity contribution in [2.75, 3.05) is 32.8 Å². The average molecular weight is 302 g/mol. The van der Waals surface area contributed by atoms with Gasteiger partial charge in [-0.15, -0.1) is 0 Å². The van der Waals surface area contributed by atoms with E-state index in [1.165, 1.54) is 17.5 Å². The second-order valence-corrected chi connectivity index (χ2v) is 6.47. The van der Waals surface area contributed by atoms with E-state index in [0.717, 1.165) is 39.0 Å². The molecular weight excluding hydrogens is 276 g/mol. The highest BCUT2D eigenvalue weighted by Crippen LogP contribution is 2.16. The van der Waals surface area contributed by atoms with Gasteiger partial charge in [-0.2, -0.15) is 0 Å². The number of ether oxygens (including phenoxy) is 1. The number of hydrogen-bond acceptors (Lipinski definition) is 3. The first-order valence-electron chi connectivity index (χ1n) is 8.41. The molecule has 1 aromatic carbocycles. The molecule has 2 heterocycles. The van der Waals surface area contributed by atoms with Gasteiger partial charge in [0.2, 0.25) is 0 Å². The van der Waals surface area contributed by atoms with Crippen LogP contribution in [0.15, 0.2) is 24.3 Å². The number of hydrogen-bond donors (Lipinski definition) is 0. The molecule has 0 aliphatic carbocycles. The Morgan fingerprint density at radius 3 is 2.59 bits per heavy atom. The zero-order valence-corrected chi connectivity index (χ0v) is 13.5. The van der Waals surface area contributed by atoms with Gasteiger partial charge in [0.25, 0.3) is 5.91 Å². The molecule has 0 radical (unpaired) electrons. The van der Waals surface area contributed by atoms with Gasteiger partial charge in [0.15, 0.2) is 0 Å². The Balaban J connectivity index is 1.56. The van der Waals surface area contributed by atoms with Gasteiger partial charge >= 0.3 is 0 Å². The zero-order chi connectivity index (χ0) is 15.4. The first kappa shape index (κ1) is 15.5. The molecule has 4 nitrogen and oxygen atoms in total. The molecule has 0 aromatic heterocycles. The van der Waals surface area contributed by atoms with E-state index >= 15 is 0 Å². The molecule has 0 N–H and O–H groups in total. The average Bonchev–Trinajstić information content (AvgIpc) is 2.57. The third-order valence-electron chi connectivity index (χ3n) is 4.62. The van der Waals surface area contributed by atoms with Crippen molar-refractivity contribution in [3.05, 3.63) is 35.4 Å². The molecule has 3 rings (SSSR count). The lowest BCUT2D eigenvalue weighted by molar-refractivity contribution is -0.150. The van der Waals surface area contributed by atoms with Crippen LogP contribution in [0.2, 0.25) is 0 Å². The second-order valence-electron chi connectivity index (χ2n) is 6.47. The standard InChI is InChI=1S/C18H26N2O2/c1-15-5-7-16(8-6-15)13-19-11-12-22-17(14-19)18(21)20-9-3-2-4-10-20/h5-8,17H,2-4,9-14H2,1H3. The van der Waals surface area contributed by atoms with E-state index in [0.29, 0.717) is 13.2 Å². The van der Waals surface area contributed by atoms with Crippen molar-refractivity contribution < 1.29 is 9.53 Å². The summed E-state index contributed by atoms with van der Waals surface area (Å²) in [5.41, 5.74) is 2.58. The molecule has 2 fully saturated rings. The quantitative estimate of drug-likeness (QED) is 0.858. The van der Waals surface area contributed by atoms with Crippen molar-refractivity contribution in [1.29, 1.82) is 0 Å². The van der Waals surface area contributed by atoms with Crippen LogP contribution >= 0.6 is 0 Å². The number of piperidine rings is 1. The van der Waals surface area contributed by atoms with Gasteiger partial charge in [0.1, 0.15) is 6.10 Å². The SMILES string of the molecule is Cc1ccc(CN2CCOC(C(=O)N3CCCCC3)C2)cc1. The summed E-state index contributed by atoms with van der Waals surface area (Å²) in [6.45, 7) is 7.06. The number of amides is 1. The van der Waals surface area contributed by atoms with E-state index in [1.807, 2.05) is 4.90 Å². The van der Waals surface area contributed by atoms with Crippen LogP contribution in [0.25, 0.3) is 0 Å². The summed E-state index contributed by atoms with van der Waals surface area (Å²) in [6, 6.07) is 8.64. The number of carbonyl (C=O) groups excluding carboxylic acids is 1. The molecule has 1 aromatic rings. The van der Waals surface area contributed by atoms with Crippen LogP contribution in [-0.4, -0.2) is 54.6 Å². The summed E-state index contributed by atoms with van der Waals surface area (Å²) in [6.07, 6.45) is 3.23. The fraction of sp³-hybridized carbons (Fsp3) is 0.611. The second kappa shape index (κ2) is 7.25. The fourth-order valence-corrected chi connectivity index (χ4v) is 3.27. The van der Waals surface area contributed by atoms with Crippen LogP contribution in [0, 0.1) is 6.92 Å². The van der Waals surface area contributed by atoms with Crippen molar-refractivity contribution in [1.82, 2.24) is 9.80 Å². The predicted molar refractivity (Wildman–Crippen MR) is 86.6 cm³/mol. The molecule has 2 aliphatic heterocycles. The number of aryl methyl sites for hydroxylation is 1. The minimum atomic E-state index is -0.280. The van der Waals surface area contributed by atoms with E-state index in [1.54, 1.807) is 0 Å². The van der Waals surface area contributed by atoms with E-state index in [4.69, 9.17) is 4.74 Å². The van der Waals surface area contributed by atoms with E-state index in [-0.39, 0.29) is 12.0 Å². The molecule has 4 heteroatoms. The van der Waals surface area contributed by atoms with Crippen LogP contribution in [0.5, 0.6) is 0 Å². The van der Waals surface area contributed by atoms with E-state index < -0.39 is 0 Å². The first-order chi connectivity index (χ1) is 10.7. The van der Waals surface area contributed by atoms with Crippen molar-refractivity contribution in [3.63, 3.8) is 0 Å². The fourth-order valence-electron chi connectivity index (χ4n) is 3.27. The van der Waals surface area contributed by atoms with Gasteiger partial charge in [-0.3, -0.25) is 9.69 Å². The molecule has 1 atom stereocenters. The number of rotatable bonds is 3. The molecule has 1 unspecified atom stereocenters. The Hall–Kier alpha value is -1.39. The van der Waals surface area contributed by atoms with E-state index in [9.17, 15) is 4.79 Å². The van der Waals surface area contributed by atoms with Crippen LogP contribution in [0.4, 0.5) is 0 Å². The van der Waals surface area contributed by atoms with Gasteiger partial charge in [-0.05, 0) is 31.7 Å². The van der Waals surface area contributed by atoms with Crippen molar-refractivity contribution in [2.45, 2.75) is 38.8 Å². The highest BCUT2D eigenvalue weighted by Gasteiger charge is 2.30. The Morgan fingerprint density at radius 1 is 1.14 bits per heavy atom. The lowest BCUT2D eigenvalue weighted by Crippen LogP contribution is -2.51. The largest absolute Gasteiger partial charge is 0.366 e. The van der Waals surface area contributed by atoms with Gasteiger partial charge in [-0.25, -0.2) is 0 Å². The Bertz CT molecular complexity index is 494. The highest BCUT2D eigenvalue weighted by atomic mass is 16.5. The van der Waals surface area contributed by atoms with Gasteiger partial charge in [0, 0.05) is 32.7 Å². The highest BCUT2D eigenvalue weighted by molar-refractivity contribution is 5.81. The minimum Gasteiger partial charge on any atom is -0.366 e. The molecule has 120 valence electrons. The third-order valence-corrected chi connectivity index (χ3v) is 4.62. The number of nitrogens with zero attached hydrogens (tertiary/aromatic N) is 2. The van der Waals surface area contributed by atoms with Gasteiger partial charge in [-0.1, -0.05) is 29.8 Å². The summed E-state index contributed by atoms with van der Waals surface area (Å²) < 4.78 is 5.75. The summed E-state index contributed by atoms with van der Waals surface area (Å²) >= 11 is 0. The number of carbonyl (C=O) groups is 1. The maximum atomic E-state index is 12.6. The number of morpholine rings is 1. The van der Waals surface area contributed by atoms with E-state index in [2.05, 4.69) is 36.1 Å². The number of likely N-dealkylation sites (tertiary alicyclic amines) is 1. The van der Waals surface area contributed by atoms with Crippen molar-refractivity contribution in [3.8, 4) is 0 Å². The normalized spacial score (nSPS) is 23.5. The molecule has 2 aliphatic rings. The zero-order valence-electron chi connectivity index (χ0n) is 13.5. The topological polar surface area (TPSA) is 32.8 Å². The van der Waals surface area contributed by atoms with Crippen LogP contribution in [0.1, 0.15) is 30.4 Å². The molecular formula is C18H26N2O2. The smallest absolute Gasteiger partial charge is 0.253 e. The maximum Gasteiger partial charge on any atom is 0.253 e. The maximum absolute atomic E-state index is 12.6. The molecule has 0 saturated carbocycles. The summed E-state index contributed by atoms with van der Waals surface area (Å²) in [4.78, 5) is 16.9. The Labute approximate surface area is 133 Å². The number of benzene rings is 1. The minimum absolute atomic E-state index is 0.188. The van der Waals surface area contributed by atoms with Gasteiger partial charge < -0.3 is 9.64 Å². The molecule has 0 bridgehead atoms. The van der Waals surface area contributed by atoms with Crippen LogP contribution in [-0.2, 0) is 16.1 Å². The third kappa shape index (κ3) is 3.87. The monoisotopic (exact) mass is 302 g/mol. The summed E-state index contributed by atoms with van der Waals surface area (Å²) in [5, 5.41) is 0. The summed E-state index contributed by atoms with van der Waals surface area (Å²) in [5.74, 6) is 0.188.